The summed E-state index contributed by atoms with van der Waals surface area (Å²) in [7, 11) is 0. The Bertz CT molecular complexity index is 1270. The lowest BCUT2D eigenvalue weighted by Crippen LogP contribution is -2.05. The molecule has 4 aromatic rings. The lowest BCUT2D eigenvalue weighted by atomic mass is 10.2. The standard InChI is InChI=1S/C24H19Cl2FN2O2S/c1-2-31-23(30)16-9-10-22-21(12-16)28-24(29(22)13-15-5-3-6-17(27)11-15)32-14-18-19(25)7-4-8-20(18)26/h3-12H,2,13-14H2,1H3. The normalized spacial score (nSPS) is 11.1. The zero-order valence-electron chi connectivity index (χ0n) is 17.1. The molecule has 0 fully saturated rings. The zero-order valence-corrected chi connectivity index (χ0v) is 19.5. The number of nitrogens with zero attached hydrogens (tertiary/aromatic N) is 2. The lowest BCUT2D eigenvalue weighted by Gasteiger charge is -2.11. The van der Waals surface area contributed by atoms with E-state index in [0.29, 0.717) is 45.2 Å². The number of aromatic nitrogens is 2. The summed E-state index contributed by atoms with van der Waals surface area (Å²) in [5.74, 6) is -0.185. The van der Waals surface area contributed by atoms with Crippen LogP contribution in [-0.2, 0) is 17.0 Å². The van der Waals surface area contributed by atoms with E-state index >= 15 is 0 Å². The average molecular weight is 489 g/mol. The van der Waals surface area contributed by atoms with Crippen LogP contribution in [-0.4, -0.2) is 22.1 Å². The van der Waals surface area contributed by atoms with Gasteiger partial charge >= 0.3 is 5.97 Å². The van der Waals surface area contributed by atoms with Crippen LogP contribution < -0.4 is 0 Å². The Kier molecular flexibility index (Phi) is 7.04. The molecular weight excluding hydrogens is 470 g/mol. The van der Waals surface area contributed by atoms with Crippen LogP contribution in [0.4, 0.5) is 4.39 Å². The highest BCUT2D eigenvalue weighted by Gasteiger charge is 2.16. The van der Waals surface area contributed by atoms with Crippen molar-refractivity contribution in [2.75, 3.05) is 6.61 Å². The minimum Gasteiger partial charge on any atom is -0.462 e. The van der Waals surface area contributed by atoms with Crippen molar-refractivity contribution in [2.45, 2.75) is 24.4 Å². The topological polar surface area (TPSA) is 44.1 Å². The number of carbonyl (C=O) groups excluding carboxylic acids is 1. The maximum Gasteiger partial charge on any atom is 0.338 e. The SMILES string of the molecule is CCOC(=O)c1ccc2c(c1)nc(SCc1c(Cl)cccc1Cl)n2Cc1cccc(F)c1. The largest absolute Gasteiger partial charge is 0.462 e. The summed E-state index contributed by atoms with van der Waals surface area (Å²) in [6.45, 7) is 2.48. The van der Waals surface area contributed by atoms with Crippen molar-refractivity contribution in [1.82, 2.24) is 9.55 Å². The molecule has 164 valence electrons. The van der Waals surface area contributed by atoms with Crippen molar-refractivity contribution in [3.63, 3.8) is 0 Å². The van der Waals surface area contributed by atoms with Gasteiger partial charge in [-0.15, -0.1) is 0 Å². The van der Waals surface area contributed by atoms with Gasteiger partial charge in [-0.3, -0.25) is 0 Å². The smallest absolute Gasteiger partial charge is 0.338 e. The second-order valence-corrected chi connectivity index (χ2v) is 8.78. The number of ether oxygens (including phenoxy) is 1. The minimum absolute atomic E-state index is 0.296. The number of hydrogen-bond donors (Lipinski definition) is 0. The monoisotopic (exact) mass is 488 g/mol. The molecule has 0 saturated carbocycles. The van der Waals surface area contributed by atoms with Gasteiger partial charge in [-0.2, -0.15) is 0 Å². The van der Waals surface area contributed by atoms with E-state index in [1.165, 1.54) is 23.9 Å². The third-order valence-electron chi connectivity index (χ3n) is 4.86. The van der Waals surface area contributed by atoms with Crippen molar-refractivity contribution < 1.29 is 13.9 Å². The molecule has 0 aliphatic carbocycles. The van der Waals surface area contributed by atoms with Gasteiger partial charge in [-0.1, -0.05) is 53.2 Å². The van der Waals surface area contributed by atoms with Crippen molar-refractivity contribution in [1.29, 1.82) is 0 Å². The highest BCUT2D eigenvalue weighted by molar-refractivity contribution is 7.98. The summed E-state index contributed by atoms with van der Waals surface area (Å²) in [5.41, 5.74) is 3.53. The van der Waals surface area contributed by atoms with Crippen molar-refractivity contribution in [3.05, 3.63) is 93.2 Å². The molecule has 32 heavy (non-hydrogen) atoms. The number of benzene rings is 3. The first-order chi connectivity index (χ1) is 15.5. The van der Waals surface area contributed by atoms with Gasteiger partial charge in [-0.05, 0) is 60.5 Å². The van der Waals surface area contributed by atoms with E-state index in [4.69, 9.17) is 32.9 Å². The van der Waals surface area contributed by atoms with Crippen molar-refractivity contribution in [3.8, 4) is 0 Å². The summed E-state index contributed by atoms with van der Waals surface area (Å²) in [6.07, 6.45) is 0. The number of halogens is 3. The number of imidazole rings is 1. The Hall–Kier alpha value is -2.54. The Morgan fingerprint density at radius 1 is 1.09 bits per heavy atom. The molecule has 0 amide bonds. The molecule has 0 radical (unpaired) electrons. The zero-order chi connectivity index (χ0) is 22.7. The van der Waals surface area contributed by atoms with Gasteiger partial charge in [0.1, 0.15) is 5.82 Å². The van der Waals surface area contributed by atoms with Crippen LogP contribution in [0.15, 0.2) is 65.8 Å². The maximum absolute atomic E-state index is 13.8. The Morgan fingerprint density at radius 2 is 1.84 bits per heavy atom. The molecule has 0 N–H and O–H groups in total. The van der Waals surface area contributed by atoms with Gasteiger partial charge in [0.25, 0.3) is 0 Å². The van der Waals surface area contributed by atoms with Crippen LogP contribution in [0, 0.1) is 5.82 Å². The predicted octanol–water partition coefficient (Wildman–Crippen LogP) is 7.00. The van der Waals surface area contributed by atoms with Crippen LogP contribution in [0.25, 0.3) is 11.0 Å². The molecule has 0 spiro atoms. The van der Waals surface area contributed by atoms with Crippen LogP contribution in [0.3, 0.4) is 0 Å². The molecule has 3 aromatic carbocycles. The molecule has 0 bridgehead atoms. The summed E-state index contributed by atoms with van der Waals surface area (Å²) in [6, 6.07) is 17.1. The number of esters is 1. The first-order valence-corrected chi connectivity index (χ1v) is 11.7. The Balaban J connectivity index is 1.73. The summed E-state index contributed by atoms with van der Waals surface area (Å²) in [4.78, 5) is 16.9. The molecule has 0 aliphatic heterocycles. The predicted molar refractivity (Wildman–Crippen MR) is 127 cm³/mol. The maximum atomic E-state index is 13.8. The van der Waals surface area contributed by atoms with Crippen LogP contribution >= 0.6 is 35.0 Å². The molecule has 0 unspecified atom stereocenters. The fourth-order valence-electron chi connectivity index (χ4n) is 3.34. The van der Waals surface area contributed by atoms with E-state index in [0.717, 1.165) is 16.6 Å². The number of carbonyl (C=O) groups is 1. The molecule has 0 saturated heterocycles. The second-order valence-electron chi connectivity index (χ2n) is 7.02. The highest BCUT2D eigenvalue weighted by Crippen LogP contribution is 2.33. The van der Waals surface area contributed by atoms with Crippen LogP contribution in [0.1, 0.15) is 28.4 Å². The lowest BCUT2D eigenvalue weighted by molar-refractivity contribution is 0.0526. The van der Waals surface area contributed by atoms with Crippen molar-refractivity contribution in [2.24, 2.45) is 0 Å². The molecule has 1 aromatic heterocycles. The average Bonchev–Trinajstić information content (AvgIpc) is 3.10. The Morgan fingerprint density at radius 3 is 2.56 bits per heavy atom. The van der Waals surface area contributed by atoms with Gasteiger partial charge in [0.05, 0.1) is 29.7 Å². The van der Waals surface area contributed by atoms with Gasteiger partial charge in [-0.25, -0.2) is 14.2 Å². The van der Waals surface area contributed by atoms with Crippen molar-refractivity contribution >= 4 is 52.0 Å². The molecule has 0 atom stereocenters. The van der Waals surface area contributed by atoms with E-state index in [1.807, 2.05) is 16.7 Å². The molecule has 8 heteroatoms. The van der Waals surface area contributed by atoms with Gasteiger partial charge in [0.2, 0.25) is 0 Å². The third-order valence-corrected chi connectivity index (χ3v) is 6.57. The summed E-state index contributed by atoms with van der Waals surface area (Å²) >= 11 is 14.1. The molecule has 0 aliphatic rings. The third kappa shape index (κ3) is 4.93. The van der Waals surface area contributed by atoms with Gasteiger partial charge in [0.15, 0.2) is 5.16 Å². The van der Waals surface area contributed by atoms with Crippen LogP contribution in [0.5, 0.6) is 0 Å². The van der Waals surface area contributed by atoms with E-state index in [2.05, 4.69) is 0 Å². The first kappa shape index (κ1) is 22.6. The Labute approximate surface area is 199 Å². The van der Waals surface area contributed by atoms with E-state index < -0.39 is 5.97 Å². The number of rotatable bonds is 7. The summed E-state index contributed by atoms with van der Waals surface area (Å²) < 4.78 is 20.9. The molecular formula is C24H19Cl2FN2O2S. The van der Waals surface area contributed by atoms with E-state index in [-0.39, 0.29) is 5.82 Å². The molecule has 4 nitrogen and oxygen atoms in total. The fourth-order valence-corrected chi connectivity index (χ4v) is 5.09. The molecule has 1 heterocycles. The number of hydrogen-bond acceptors (Lipinski definition) is 4. The minimum atomic E-state index is -0.397. The van der Waals surface area contributed by atoms with E-state index in [1.54, 1.807) is 43.3 Å². The van der Waals surface area contributed by atoms with Gasteiger partial charge in [0, 0.05) is 15.8 Å². The number of thioether (sulfide) groups is 1. The first-order valence-electron chi connectivity index (χ1n) is 9.93. The van der Waals surface area contributed by atoms with E-state index in [9.17, 15) is 9.18 Å². The fraction of sp³-hybridized carbons (Fsp3) is 0.167. The number of fused-ring (bicyclic) bond motifs is 1. The van der Waals surface area contributed by atoms with Crippen LogP contribution in [0.2, 0.25) is 10.0 Å². The quantitative estimate of drug-likeness (QED) is 0.207. The molecule has 4 rings (SSSR count). The second kappa shape index (κ2) is 9.94. The van der Waals surface area contributed by atoms with Gasteiger partial charge < -0.3 is 9.30 Å². The summed E-state index contributed by atoms with van der Waals surface area (Å²) in [5, 5.41) is 1.88. The highest BCUT2D eigenvalue weighted by atomic mass is 35.5.